The zero-order valence-electron chi connectivity index (χ0n) is 18.3. The van der Waals surface area contributed by atoms with Crippen LogP contribution in [0.5, 0.6) is 0 Å². The monoisotopic (exact) mass is 457 g/mol. The van der Waals surface area contributed by atoms with Crippen molar-refractivity contribution in [2.45, 2.75) is 25.5 Å². The first kappa shape index (κ1) is 22.3. The molecule has 3 heterocycles. The first-order valence-corrected chi connectivity index (χ1v) is 11.3. The van der Waals surface area contributed by atoms with Crippen LogP contribution in [-0.2, 0) is 11.3 Å². The second kappa shape index (κ2) is 10.6. The average Bonchev–Trinajstić information content (AvgIpc) is 3.21. The van der Waals surface area contributed by atoms with Crippen LogP contribution in [0.25, 0.3) is 11.3 Å². The van der Waals surface area contributed by atoms with Crippen LogP contribution in [0, 0.1) is 13.8 Å². The molecular weight excluding hydrogens is 434 g/mol. The van der Waals surface area contributed by atoms with Crippen LogP contribution in [-0.4, -0.2) is 42.6 Å². The van der Waals surface area contributed by atoms with Gasteiger partial charge >= 0.3 is 0 Å². The highest BCUT2D eigenvalue weighted by atomic mass is 32.2. The van der Waals surface area contributed by atoms with Gasteiger partial charge in [-0.2, -0.15) is 10.2 Å². The van der Waals surface area contributed by atoms with Gasteiger partial charge in [-0.3, -0.25) is 14.5 Å². The Labute approximate surface area is 196 Å². The average molecular weight is 458 g/mol. The molecule has 0 aliphatic carbocycles. The third-order valence-corrected chi connectivity index (χ3v) is 5.45. The van der Waals surface area contributed by atoms with Crippen molar-refractivity contribution in [2.75, 3.05) is 5.75 Å². The lowest BCUT2D eigenvalue weighted by Gasteiger charge is -2.02. The smallest absolute Gasteiger partial charge is 0.250 e. The minimum atomic E-state index is -0.237. The Bertz CT molecular complexity index is 1240. The van der Waals surface area contributed by atoms with Crippen LogP contribution in [0.3, 0.4) is 0 Å². The molecule has 0 bridgehead atoms. The highest BCUT2D eigenvalue weighted by Crippen LogP contribution is 2.20. The summed E-state index contributed by atoms with van der Waals surface area (Å²) in [5, 5.41) is 9.44. The van der Waals surface area contributed by atoms with Crippen molar-refractivity contribution < 1.29 is 4.79 Å². The summed E-state index contributed by atoms with van der Waals surface area (Å²) >= 11 is 1.28. The Hall–Kier alpha value is -3.85. The van der Waals surface area contributed by atoms with Gasteiger partial charge < -0.3 is 0 Å². The van der Waals surface area contributed by atoms with Crippen LogP contribution >= 0.6 is 11.8 Å². The van der Waals surface area contributed by atoms with Crippen LogP contribution in [0.15, 0.2) is 77.4 Å². The van der Waals surface area contributed by atoms with Crippen molar-refractivity contribution in [1.29, 1.82) is 0 Å². The molecule has 0 atom stereocenters. The fraction of sp³-hybridized carbons (Fsp3) is 0.167. The topological polar surface area (TPSA) is 98.0 Å². The Morgan fingerprint density at radius 1 is 1.12 bits per heavy atom. The van der Waals surface area contributed by atoms with Crippen molar-refractivity contribution in [1.82, 2.24) is 30.2 Å². The molecule has 166 valence electrons. The third-order valence-electron chi connectivity index (χ3n) is 4.60. The predicted molar refractivity (Wildman–Crippen MR) is 129 cm³/mol. The second-order valence-corrected chi connectivity index (χ2v) is 8.32. The van der Waals surface area contributed by atoms with Gasteiger partial charge in [0.1, 0.15) is 5.69 Å². The van der Waals surface area contributed by atoms with E-state index in [4.69, 9.17) is 5.10 Å². The van der Waals surface area contributed by atoms with Crippen LogP contribution in [0.2, 0.25) is 0 Å². The molecule has 8 nitrogen and oxygen atoms in total. The van der Waals surface area contributed by atoms with E-state index in [1.165, 1.54) is 11.8 Å². The van der Waals surface area contributed by atoms with Gasteiger partial charge in [-0.05, 0) is 37.6 Å². The Morgan fingerprint density at radius 3 is 2.64 bits per heavy atom. The molecule has 0 aliphatic heterocycles. The van der Waals surface area contributed by atoms with Gasteiger partial charge in [-0.15, -0.1) is 0 Å². The highest BCUT2D eigenvalue weighted by Gasteiger charge is 2.11. The molecule has 0 fully saturated rings. The highest BCUT2D eigenvalue weighted by molar-refractivity contribution is 7.99. The number of aromatic nitrogens is 5. The number of thioether (sulfide) groups is 1. The van der Waals surface area contributed by atoms with E-state index < -0.39 is 0 Å². The van der Waals surface area contributed by atoms with Crippen molar-refractivity contribution >= 4 is 23.9 Å². The maximum absolute atomic E-state index is 12.2. The standard InChI is InChI=1S/C24H23N7OS/c1-17-11-18(2)28-24(27-17)33-16-22(32)29-26-13-21-15-31(14-19-7-4-3-5-8-19)30-23(21)20-9-6-10-25-12-20/h3-13,15H,14,16H2,1-2H3,(H,29,32)/b26-13+. The molecule has 0 saturated carbocycles. The molecule has 0 spiro atoms. The fourth-order valence-electron chi connectivity index (χ4n) is 3.20. The predicted octanol–water partition coefficient (Wildman–Crippen LogP) is 3.64. The zero-order valence-corrected chi connectivity index (χ0v) is 19.2. The Kier molecular flexibility index (Phi) is 7.21. The lowest BCUT2D eigenvalue weighted by atomic mass is 10.1. The fourth-order valence-corrected chi connectivity index (χ4v) is 3.95. The van der Waals surface area contributed by atoms with Crippen LogP contribution < -0.4 is 5.43 Å². The van der Waals surface area contributed by atoms with Gasteiger partial charge in [0.25, 0.3) is 5.91 Å². The minimum absolute atomic E-state index is 0.170. The van der Waals surface area contributed by atoms with Gasteiger partial charge in [0.2, 0.25) is 0 Å². The largest absolute Gasteiger partial charge is 0.272 e. The number of aryl methyl sites for hydroxylation is 2. The SMILES string of the molecule is Cc1cc(C)nc(SCC(=O)N/N=C/c2cn(Cc3ccccc3)nc2-c2cccnc2)n1. The Balaban J connectivity index is 1.44. The van der Waals surface area contributed by atoms with Crippen molar-refractivity contribution in [3.05, 3.63) is 89.6 Å². The summed E-state index contributed by atoms with van der Waals surface area (Å²) in [6, 6.07) is 15.8. The number of hydrogen-bond acceptors (Lipinski definition) is 7. The van der Waals surface area contributed by atoms with Gasteiger partial charge in [0.05, 0.1) is 18.5 Å². The maximum atomic E-state index is 12.2. The molecular formula is C24H23N7OS. The molecule has 4 aromatic rings. The molecule has 0 radical (unpaired) electrons. The number of nitrogens with one attached hydrogen (secondary N) is 1. The molecule has 9 heteroatoms. The summed E-state index contributed by atoms with van der Waals surface area (Å²) in [6.07, 6.45) is 6.98. The molecule has 3 aromatic heterocycles. The number of hydrogen-bond donors (Lipinski definition) is 1. The summed E-state index contributed by atoms with van der Waals surface area (Å²) in [4.78, 5) is 25.1. The van der Waals surface area contributed by atoms with E-state index in [-0.39, 0.29) is 11.7 Å². The number of nitrogens with zero attached hydrogens (tertiary/aromatic N) is 6. The summed E-state index contributed by atoms with van der Waals surface area (Å²) in [6.45, 7) is 4.43. The lowest BCUT2D eigenvalue weighted by Crippen LogP contribution is -2.19. The number of amides is 1. The number of pyridine rings is 1. The normalized spacial score (nSPS) is 11.1. The van der Waals surface area contributed by atoms with E-state index >= 15 is 0 Å². The van der Waals surface area contributed by atoms with Crippen molar-refractivity contribution in [2.24, 2.45) is 5.10 Å². The molecule has 1 N–H and O–H groups in total. The number of benzene rings is 1. The molecule has 4 rings (SSSR count). The van der Waals surface area contributed by atoms with Gasteiger partial charge in [0.15, 0.2) is 5.16 Å². The Morgan fingerprint density at radius 2 is 1.91 bits per heavy atom. The van der Waals surface area contributed by atoms with E-state index in [0.717, 1.165) is 33.8 Å². The molecule has 0 unspecified atom stereocenters. The number of rotatable bonds is 8. The molecule has 0 saturated heterocycles. The quantitative estimate of drug-likeness (QED) is 0.188. The maximum Gasteiger partial charge on any atom is 0.250 e. The molecule has 33 heavy (non-hydrogen) atoms. The van der Waals surface area contributed by atoms with Gasteiger partial charge in [-0.25, -0.2) is 15.4 Å². The summed E-state index contributed by atoms with van der Waals surface area (Å²) < 4.78 is 1.86. The van der Waals surface area contributed by atoms with Crippen molar-refractivity contribution in [3.63, 3.8) is 0 Å². The van der Waals surface area contributed by atoms with Gasteiger partial charge in [0, 0.05) is 41.1 Å². The molecule has 0 aliphatic rings. The zero-order chi connectivity index (χ0) is 23.0. The summed E-state index contributed by atoms with van der Waals surface area (Å²) in [5.74, 6) is -0.0678. The van der Waals surface area contributed by atoms with Crippen LogP contribution in [0.1, 0.15) is 22.5 Å². The lowest BCUT2D eigenvalue weighted by molar-refractivity contribution is -0.118. The van der Waals surface area contributed by atoms with E-state index in [0.29, 0.717) is 11.7 Å². The van der Waals surface area contributed by atoms with E-state index in [9.17, 15) is 4.79 Å². The molecule has 1 amide bonds. The number of hydrazone groups is 1. The van der Waals surface area contributed by atoms with Crippen molar-refractivity contribution in [3.8, 4) is 11.3 Å². The van der Waals surface area contributed by atoms with E-state index in [2.05, 4.69) is 37.6 Å². The first-order valence-electron chi connectivity index (χ1n) is 10.4. The van der Waals surface area contributed by atoms with E-state index in [1.807, 2.05) is 61.1 Å². The number of carbonyl (C=O) groups is 1. The molecule has 1 aromatic carbocycles. The van der Waals surface area contributed by atoms with Gasteiger partial charge in [-0.1, -0.05) is 42.1 Å². The third kappa shape index (κ3) is 6.33. The first-order chi connectivity index (χ1) is 16.1. The second-order valence-electron chi connectivity index (χ2n) is 7.37. The summed E-state index contributed by atoms with van der Waals surface area (Å²) in [5.41, 5.74) is 7.86. The minimum Gasteiger partial charge on any atom is -0.272 e. The number of carbonyl (C=O) groups excluding carboxylic acids is 1. The summed E-state index contributed by atoms with van der Waals surface area (Å²) in [7, 11) is 0. The van der Waals surface area contributed by atoms with Crippen LogP contribution in [0.4, 0.5) is 0 Å². The van der Waals surface area contributed by atoms with E-state index in [1.54, 1.807) is 18.6 Å².